The Balaban J connectivity index is 1.58. The largest absolute Gasteiger partial charge is 0.469 e. The predicted octanol–water partition coefficient (Wildman–Crippen LogP) is 3.81. The zero-order valence-electron chi connectivity index (χ0n) is 20.5. The highest BCUT2D eigenvalue weighted by Crippen LogP contribution is 2.39. The van der Waals surface area contributed by atoms with E-state index in [2.05, 4.69) is 5.32 Å². The van der Waals surface area contributed by atoms with Crippen LogP contribution >= 0.6 is 7.82 Å². The molecule has 0 unspecified atom stereocenters. The minimum atomic E-state index is -4.70. The van der Waals surface area contributed by atoms with Crippen LogP contribution in [0, 0.1) is 5.92 Å². The van der Waals surface area contributed by atoms with E-state index in [1.807, 2.05) is 91.0 Å². The van der Waals surface area contributed by atoms with Crippen LogP contribution in [0.4, 0.5) is 0 Å². The van der Waals surface area contributed by atoms with Crippen molar-refractivity contribution in [2.75, 3.05) is 6.61 Å². The lowest BCUT2D eigenvalue weighted by molar-refractivity contribution is -0.170. The third-order valence-electron chi connectivity index (χ3n) is 6.51. The fraction of sp³-hybridized carbons (Fsp3) is 0.357. The molecule has 1 saturated carbocycles. The van der Waals surface area contributed by atoms with Gasteiger partial charge in [0.15, 0.2) is 0 Å². The molecule has 0 radical (unpaired) electrons. The molecule has 8 nitrogen and oxygen atoms in total. The van der Waals surface area contributed by atoms with Crippen molar-refractivity contribution in [3.63, 3.8) is 0 Å². The molecule has 0 bridgehead atoms. The van der Waals surface area contributed by atoms with Gasteiger partial charge in [-0.3, -0.25) is 4.52 Å². The summed E-state index contributed by atoms with van der Waals surface area (Å²) in [5.41, 5.74) is 2.98. The molecule has 4 N–H and O–H groups in total. The first kappa shape index (κ1) is 27.6. The molecular formula is C28H34NO7P. The van der Waals surface area contributed by atoms with E-state index in [-0.39, 0.29) is 19.6 Å². The van der Waals surface area contributed by atoms with Crippen LogP contribution in [0.5, 0.6) is 0 Å². The van der Waals surface area contributed by atoms with E-state index in [4.69, 9.17) is 14.0 Å². The average molecular weight is 528 g/mol. The van der Waals surface area contributed by atoms with Crippen LogP contribution in [0.1, 0.15) is 23.1 Å². The molecule has 0 amide bonds. The summed E-state index contributed by atoms with van der Waals surface area (Å²) in [6.45, 7) is 0.823. The Kier molecular flexibility index (Phi) is 10.0. The highest BCUT2D eigenvalue weighted by Gasteiger charge is 2.46. The van der Waals surface area contributed by atoms with Crippen LogP contribution in [-0.4, -0.2) is 45.9 Å². The maximum atomic E-state index is 11.5. The summed E-state index contributed by atoms with van der Waals surface area (Å²) in [7, 11) is -4.70. The standard InChI is InChI=1S/C28H34NO7P/c30-25-16-24(20-36-37(31,32)33)27(34-18-22-12-6-2-7-13-22)28(35-19-23-14-8-3-9-15-23)26(25)29-17-21-10-4-1-5-11-21/h1-15,24-30H,16-20H2,(H2,31,32,33)/t24-,25+,26+,27-,28-/m1/s1. The maximum absolute atomic E-state index is 11.5. The van der Waals surface area contributed by atoms with Gasteiger partial charge in [-0.15, -0.1) is 0 Å². The predicted molar refractivity (Wildman–Crippen MR) is 139 cm³/mol. The van der Waals surface area contributed by atoms with Crippen LogP contribution in [-0.2, 0) is 38.3 Å². The molecule has 1 aliphatic rings. The Morgan fingerprint density at radius 1 is 0.757 bits per heavy atom. The van der Waals surface area contributed by atoms with E-state index in [9.17, 15) is 19.5 Å². The smallest absolute Gasteiger partial charge is 0.391 e. The van der Waals surface area contributed by atoms with E-state index in [1.165, 1.54) is 0 Å². The number of hydrogen-bond acceptors (Lipinski definition) is 6. The van der Waals surface area contributed by atoms with Crippen LogP contribution in [0.2, 0.25) is 0 Å². The van der Waals surface area contributed by atoms with Crippen molar-refractivity contribution >= 4 is 7.82 Å². The highest BCUT2D eigenvalue weighted by molar-refractivity contribution is 7.46. The number of nitrogens with one attached hydrogen (secondary N) is 1. The van der Waals surface area contributed by atoms with Crippen LogP contribution in [0.25, 0.3) is 0 Å². The maximum Gasteiger partial charge on any atom is 0.469 e. The average Bonchev–Trinajstić information content (AvgIpc) is 2.90. The Labute approximate surface area is 217 Å². The molecule has 0 spiro atoms. The fourth-order valence-corrected chi connectivity index (χ4v) is 5.07. The molecule has 5 atom stereocenters. The second kappa shape index (κ2) is 13.4. The molecule has 4 rings (SSSR count). The summed E-state index contributed by atoms with van der Waals surface area (Å²) in [5, 5.41) is 14.6. The van der Waals surface area contributed by atoms with Crippen LogP contribution in [0.15, 0.2) is 91.0 Å². The van der Waals surface area contributed by atoms with Crippen LogP contribution < -0.4 is 5.32 Å². The lowest BCUT2D eigenvalue weighted by atomic mass is 9.79. The first-order valence-corrected chi connectivity index (χ1v) is 13.9. The van der Waals surface area contributed by atoms with Gasteiger partial charge in [0.25, 0.3) is 0 Å². The normalized spacial score (nSPS) is 24.1. The monoisotopic (exact) mass is 527 g/mol. The van der Waals surface area contributed by atoms with Crippen molar-refractivity contribution in [3.8, 4) is 0 Å². The number of aliphatic hydroxyl groups is 1. The van der Waals surface area contributed by atoms with E-state index in [0.29, 0.717) is 13.2 Å². The molecule has 9 heteroatoms. The highest BCUT2D eigenvalue weighted by atomic mass is 31.2. The number of rotatable bonds is 12. The number of phosphoric ester groups is 1. The van der Waals surface area contributed by atoms with Gasteiger partial charge in [-0.05, 0) is 23.1 Å². The van der Waals surface area contributed by atoms with Crippen molar-refractivity contribution in [1.82, 2.24) is 5.32 Å². The second-order valence-electron chi connectivity index (χ2n) is 9.26. The molecule has 3 aromatic rings. The number of benzene rings is 3. The van der Waals surface area contributed by atoms with Crippen molar-refractivity contribution in [2.45, 2.75) is 50.5 Å². The Morgan fingerprint density at radius 2 is 1.24 bits per heavy atom. The molecule has 0 aromatic heterocycles. The van der Waals surface area contributed by atoms with E-state index >= 15 is 0 Å². The second-order valence-corrected chi connectivity index (χ2v) is 10.5. The summed E-state index contributed by atoms with van der Waals surface area (Å²) in [4.78, 5) is 18.7. The summed E-state index contributed by atoms with van der Waals surface area (Å²) < 4.78 is 29.1. The molecule has 198 valence electrons. The molecule has 0 heterocycles. The fourth-order valence-electron chi connectivity index (χ4n) is 4.68. The number of aliphatic hydroxyl groups excluding tert-OH is 1. The molecule has 0 aliphatic heterocycles. The molecule has 37 heavy (non-hydrogen) atoms. The van der Waals surface area contributed by atoms with Gasteiger partial charge in [0.05, 0.1) is 38.1 Å². The summed E-state index contributed by atoms with van der Waals surface area (Å²) in [6, 6.07) is 28.8. The number of hydrogen-bond donors (Lipinski definition) is 4. The van der Waals surface area contributed by atoms with E-state index in [1.54, 1.807) is 0 Å². The van der Waals surface area contributed by atoms with Crippen molar-refractivity contribution in [1.29, 1.82) is 0 Å². The summed E-state index contributed by atoms with van der Waals surface area (Å²) in [5.74, 6) is -0.498. The molecule has 3 aromatic carbocycles. The minimum absolute atomic E-state index is 0.233. The summed E-state index contributed by atoms with van der Waals surface area (Å²) >= 11 is 0. The van der Waals surface area contributed by atoms with Gasteiger partial charge in [-0.2, -0.15) is 0 Å². The number of phosphoric acid groups is 1. The zero-order chi connectivity index (χ0) is 26.1. The van der Waals surface area contributed by atoms with Crippen molar-refractivity contribution in [3.05, 3.63) is 108 Å². The Hall–Kier alpha value is -2.39. The molecular weight excluding hydrogens is 493 g/mol. The SMILES string of the molecule is O=P(O)(O)OC[C@H]1C[C@H](O)[C@H](NCc2ccccc2)[C@@H](OCc2ccccc2)[C@@H]1OCc1ccccc1. The van der Waals surface area contributed by atoms with Gasteiger partial charge in [0.2, 0.25) is 0 Å². The Bertz CT molecular complexity index is 1110. The van der Waals surface area contributed by atoms with Gasteiger partial charge < -0.3 is 29.7 Å². The zero-order valence-corrected chi connectivity index (χ0v) is 21.4. The lowest BCUT2D eigenvalue weighted by Crippen LogP contribution is -2.61. The van der Waals surface area contributed by atoms with Gasteiger partial charge in [-0.25, -0.2) is 4.57 Å². The molecule has 1 fully saturated rings. The Morgan fingerprint density at radius 3 is 1.76 bits per heavy atom. The van der Waals surface area contributed by atoms with E-state index < -0.39 is 38.1 Å². The third kappa shape index (κ3) is 8.57. The molecule has 1 aliphatic carbocycles. The topological polar surface area (TPSA) is 117 Å². The lowest BCUT2D eigenvalue weighted by Gasteiger charge is -2.45. The third-order valence-corrected chi connectivity index (χ3v) is 7.00. The van der Waals surface area contributed by atoms with Crippen LogP contribution in [0.3, 0.4) is 0 Å². The van der Waals surface area contributed by atoms with Gasteiger partial charge in [0, 0.05) is 12.5 Å². The van der Waals surface area contributed by atoms with Gasteiger partial charge in [0.1, 0.15) is 6.10 Å². The first-order chi connectivity index (χ1) is 17.9. The minimum Gasteiger partial charge on any atom is -0.391 e. The first-order valence-electron chi connectivity index (χ1n) is 12.4. The van der Waals surface area contributed by atoms with Crippen molar-refractivity contribution in [2.24, 2.45) is 5.92 Å². The van der Waals surface area contributed by atoms with Gasteiger partial charge >= 0.3 is 7.82 Å². The van der Waals surface area contributed by atoms with Crippen molar-refractivity contribution < 1.29 is 33.5 Å². The molecule has 0 saturated heterocycles. The van der Waals surface area contributed by atoms with Gasteiger partial charge in [-0.1, -0.05) is 91.0 Å². The summed E-state index contributed by atoms with van der Waals surface area (Å²) in [6.07, 6.45) is -1.81. The van der Waals surface area contributed by atoms with E-state index in [0.717, 1.165) is 16.7 Å². The quantitative estimate of drug-likeness (QED) is 0.263. The number of ether oxygens (including phenoxy) is 2.